The monoisotopic (exact) mass is 347 g/mol. The number of nitrogens with one attached hydrogen (secondary N) is 1. The van der Waals surface area contributed by atoms with Crippen molar-refractivity contribution >= 4 is 29.3 Å². The minimum Gasteiger partial charge on any atom is -0.465 e. The lowest BCUT2D eigenvalue weighted by Gasteiger charge is -2.18. The number of hydrogen-bond acceptors (Lipinski definition) is 4. The molecule has 2 unspecified atom stereocenters. The molecule has 0 fully saturated rings. The Morgan fingerprint density at radius 3 is 2.71 bits per heavy atom. The maximum absolute atomic E-state index is 12.0. The van der Waals surface area contributed by atoms with Crippen LogP contribution >= 0.6 is 11.8 Å². The number of amides is 1. The Hall–Kier alpha value is -1.75. The van der Waals surface area contributed by atoms with Gasteiger partial charge in [0.25, 0.3) is 0 Å². The van der Waals surface area contributed by atoms with Crippen molar-refractivity contribution in [3.8, 4) is 0 Å². The first-order valence-electron chi connectivity index (χ1n) is 8.34. The number of hydrogen-bond donors (Lipinski definition) is 1. The van der Waals surface area contributed by atoms with Gasteiger partial charge in [0.05, 0.1) is 12.4 Å². The normalized spacial score (nSPS) is 18.0. The summed E-state index contributed by atoms with van der Waals surface area (Å²) in [5.74, 6) is 0.315. The number of aryl methyl sites for hydroxylation is 1. The highest BCUT2D eigenvalue weighted by Gasteiger charge is 2.19. The second-order valence-corrected chi connectivity index (χ2v) is 7.48. The number of ether oxygens (including phenoxy) is 1. The minimum absolute atomic E-state index is 0.110. The van der Waals surface area contributed by atoms with E-state index in [1.807, 2.05) is 31.2 Å². The first-order chi connectivity index (χ1) is 11.5. The number of benzene rings is 1. The smallest absolute Gasteiger partial charge is 0.318 e. The first kappa shape index (κ1) is 18.6. The van der Waals surface area contributed by atoms with Crippen molar-refractivity contribution in [1.82, 2.24) is 0 Å². The number of esters is 1. The minimum atomic E-state index is -0.340. The van der Waals surface area contributed by atoms with E-state index in [4.69, 9.17) is 4.74 Å². The predicted octanol–water partition coefficient (Wildman–Crippen LogP) is 3.95. The number of carbonyl (C=O) groups is 2. The summed E-state index contributed by atoms with van der Waals surface area (Å²) in [5.41, 5.74) is 1.92. The molecule has 1 aliphatic carbocycles. The zero-order valence-corrected chi connectivity index (χ0v) is 15.1. The molecule has 2 atom stereocenters. The van der Waals surface area contributed by atoms with E-state index in [9.17, 15) is 9.59 Å². The van der Waals surface area contributed by atoms with Gasteiger partial charge in [-0.05, 0) is 51.2 Å². The summed E-state index contributed by atoms with van der Waals surface area (Å²) >= 11 is 1.30. The summed E-state index contributed by atoms with van der Waals surface area (Å²) in [6.45, 7) is 4.26. The van der Waals surface area contributed by atoms with E-state index in [-0.39, 0.29) is 22.9 Å². The van der Waals surface area contributed by atoms with Gasteiger partial charge >= 0.3 is 5.97 Å². The van der Waals surface area contributed by atoms with Crippen LogP contribution in [-0.2, 0) is 14.3 Å². The van der Waals surface area contributed by atoms with Crippen molar-refractivity contribution in [2.75, 3.05) is 17.7 Å². The van der Waals surface area contributed by atoms with Gasteiger partial charge in [0.15, 0.2) is 0 Å². The second-order valence-electron chi connectivity index (χ2n) is 6.15. The van der Waals surface area contributed by atoms with E-state index in [2.05, 4.69) is 17.5 Å². The lowest BCUT2D eigenvalue weighted by atomic mass is 9.95. The molecule has 2 rings (SSSR count). The fraction of sp³-hybridized carbons (Fsp3) is 0.474. The van der Waals surface area contributed by atoms with Gasteiger partial charge in [0, 0.05) is 5.69 Å². The van der Waals surface area contributed by atoms with E-state index in [1.54, 1.807) is 6.92 Å². The molecule has 5 heteroatoms. The topological polar surface area (TPSA) is 55.4 Å². The van der Waals surface area contributed by atoms with E-state index >= 15 is 0 Å². The molecule has 1 N–H and O–H groups in total. The van der Waals surface area contributed by atoms with Gasteiger partial charge in [0.2, 0.25) is 5.91 Å². The largest absolute Gasteiger partial charge is 0.465 e. The van der Waals surface area contributed by atoms with Gasteiger partial charge in [-0.25, -0.2) is 0 Å². The number of carbonyl (C=O) groups excluding carboxylic acids is 2. The summed E-state index contributed by atoms with van der Waals surface area (Å²) in [6.07, 6.45) is 7.43. The molecule has 4 nitrogen and oxygen atoms in total. The van der Waals surface area contributed by atoms with Crippen molar-refractivity contribution in [2.24, 2.45) is 5.92 Å². The van der Waals surface area contributed by atoms with E-state index in [0.29, 0.717) is 12.5 Å². The number of thioether (sulfide) groups is 1. The predicted molar refractivity (Wildman–Crippen MR) is 99.2 cm³/mol. The summed E-state index contributed by atoms with van der Waals surface area (Å²) < 4.78 is 5.38. The third-order valence-electron chi connectivity index (χ3n) is 3.97. The SMILES string of the molecule is Cc1ccc(NC(=O)CSC(C)C(=O)OCC2CC=CCC2)cc1. The second kappa shape index (κ2) is 9.52. The summed E-state index contributed by atoms with van der Waals surface area (Å²) in [5, 5.41) is 2.49. The Kier molecular flexibility index (Phi) is 7.37. The van der Waals surface area contributed by atoms with Crippen molar-refractivity contribution in [3.05, 3.63) is 42.0 Å². The lowest BCUT2D eigenvalue weighted by molar-refractivity contribution is -0.144. The molecule has 0 saturated carbocycles. The van der Waals surface area contributed by atoms with Crippen LogP contribution in [0.3, 0.4) is 0 Å². The van der Waals surface area contributed by atoms with Crippen LogP contribution in [0.15, 0.2) is 36.4 Å². The van der Waals surface area contributed by atoms with E-state index < -0.39 is 0 Å². The Balaban J connectivity index is 1.66. The Labute approximate surface area is 148 Å². The third kappa shape index (κ3) is 6.40. The molecule has 0 saturated heterocycles. The zero-order valence-electron chi connectivity index (χ0n) is 14.3. The van der Waals surface area contributed by atoms with Gasteiger partial charge in [0.1, 0.15) is 5.25 Å². The molecule has 0 aromatic heterocycles. The maximum Gasteiger partial charge on any atom is 0.318 e. The van der Waals surface area contributed by atoms with E-state index in [1.165, 1.54) is 11.8 Å². The van der Waals surface area contributed by atoms with Gasteiger partial charge in [-0.2, -0.15) is 0 Å². The average molecular weight is 347 g/mol. The molecule has 0 aliphatic heterocycles. The van der Waals surface area contributed by atoms with Crippen LogP contribution in [0.4, 0.5) is 5.69 Å². The van der Waals surface area contributed by atoms with Gasteiger partial charge in [-0.1, -0.05) is 29.8 Å². The van der Waals surface area contributed by atoms with Crippen LogP contribution in [-0.4, -0.2) is 29.5 Å². The van der Waals surface area contributed by atoms with E-state index in [0.717, 1.165) is 30.5 Å². The molecule has 0 heterocycles. The molecular weight excluding hydrogens is 322 g/mol. The fourth-order valence-corrected chi connectivity index (χ4v) is 3.11. The molecule has 0 spiro atoms. The van der Waals surface area contributed by atoms with Crippen LogP contribution in [0, 0.1) is 12.8 Å². The molecule has 130 valence electrons. The van der Waals surface area contributed by atoms with Crippen molar-refractivity contribution in [1.29, 1.82) is 0 Å². The Morgan fingerprint density at radius 1 is 1.29 bits per heavy atom. The van der Waals surface area contributed by atoms with Crippen LogP contribution in [0.5, 0.6) is 0 Å². The Morgan fingerprint density at radius 2 is 2.04 bits per heavy atom. The molecule has 1 aromatic rings. The maximum atomic E-state index is 12.0. The first-order valence-corrected chi connectivity index (χ1v) is 9.39. The van der Waals surface area contributed by atoms with Gasteiger partial charge in [-0.15, -0.1) is 11.8 Å². The Bertz CT molecular complexity index is 583. The molecule has 1 aromatic carbocycles. The molecular formula is C19H25NO3S. The zero-order chi connectivity index (χ0) is 17.4. The standard InChI is InChI=1S/C19H25NO3S/c1-14-8-10-17(11-9-14)20-18(21)13-24-15(2)19(22)23-12-16-6-4-3-5-7-16/h3-4,8-11,15-16H,5-7,12-13H2,1-2H3,(H,20,21). The van der Waals surface area contributed by atoms with Gasteiger partial charge in [-0.3, -0.25) is 9.59 Å². The summed E-state index contributed by atoms with van der Waals surface area (Å²) in [4.78, 5) is 23.9. The van der Waals surface area contributed by atoms with Crippen LogP contribution in [0.2, 0.25) is 0 Å². The van der Waals surface area contributed by atoms with Crippen LogP contribution in [0.25, 0.3) is 0 Å². The molecule has 1 amide bonds. The highest BCUT2D eigenvalue weighted by molar-refractivity contribution is 8.01. The van der Waals surface area contributed by atoms with Crippen molar-refractivity contribution in [2.45, 2.75) is 38.4 Å². The van der Waals surface area contributed by atoms with Crippen molar-refractivity contribution < 1.29 is 14.3 Å². The fourth-order valence-electron chi connectivity index (χ4n) is 2.43. The average Bonchev–Trinajstić information content (AvgIpc) is 2.60. The molecule has 1 aliphatic rings. The van der Waals surface area contributed by atoms with Crippen molar-refractivity contribution in [3.63, 3.8) is 0 Å². The van der Waals surface area contributed by atoms with Crippen LogP contribution < -0.4 is 5.32 Å². The highest BCUT2D eigenvalue weighted by atomic mass is 32.2. The highest BCUT2D eigenvalue weighted by Crippen LogP contribution is 2.20. The number of rotatable bonds is 7. The number of anilines is 1. The summed E-state index contributed by atoms with van der Waals surface area (Å²) in [6, 6.07) is 7.63. The van der Waals surface area contributed by atoms with Gasteiger partial charge < -0.3 is 10.1 Å². The lowest BCUT2D eigenvalue weighted by Crippen LogP contribution is -2.23. The molecule has 24 heavy (non-hydrogen) atoms. The molecule has 0 radical (unpaired) electrons. The van der Waals surface area contributed by atoms with Crippen LogP contribution in [0.1, 0.15) is 31.7 Å². The molecule has 0 bridgehead atoms. The third-order valence-corrected chi connectivity index (χ3v) is 5.09. The quantitative estimate of drug-likeness (QED) is 0.599. The summed E-state index contributed by atoms with van der Waals surface area (Å²) in [7, 11) is 0. The number of allylic oxidation sites excluding steroid dienone is 2.